The lowest BCUT2D eigenvalue weighted by Crippen LogP contribution is -2.48. The number of nitrogens with zero attached hydrogens (tertiary/aromatic N) is 4. The number of carbonyl (C=O) groups excluding carboxylic acids is 1. The lowest BCUT2D eigenvalue weighted by molar-refractivity contribution is 0.0622. The molecular weight excluding hydrogens is 370 g/mol. The summed E-state index contributed by atoms with van der Waals surface area (Å²) in [6.45, 7) is 3.63. The predicted octanol–water partition coefficient (Wildman–Crippen LogP) is 2.89. The van der Waals surface area contributed by atoms with Crippen molar-refractivity contribution in [3.63, 3.8) is 0 Å². The molecule has 3 aromatic rings. The molecule has 0 atom stereocenters. The first-order valence-electron chi connectivity index (χ1n) is 9.31. The van der Waals surface area contributed by atoms with Crippen molar-refractivity contribution < 1.29 is 4.79 Å². The second-order valence-electron chi connectivity index (χ2n) is 6.81. The number of amides is 1. The van der Waals surface area contributed by atoms with Gasteiger partial charge in [0.2, 0.25) is 0 Å². The van der Waals surface area contributed by atoms with Crippen molar-refractivity contribution in [1.29, 1.82) is 0 Å². The number of anilines is 1. The summed E-state index contributed by atoms with van der Waals surface area (Å²) < 4.78 is 0. The molecule has 6 nitrogen and oxygen atoms in total. The van der Waals surface area contributed by atoms with Gasteiger partial charge in [0, 0.05) is 36.5 Å². The Morgan fingerprint density at radius 3 is 2.54 bits per heavy atom. The fraction of sp³-hybridized carbons (Fsp3) is 0.286. The molecule has 0 aliphatic carbocycles. The summed E-state index contributed by atoms with van der Waals surface area (Å²) >= 11 is 1.61. The first kappa shape index (κ1) is 18.7. The maximum atomic E-state index is 12.9. The molecule has 0 unspecified atom stereocenters. The van der Waals surface area contributed by atoms with E-state index in [1.807, 2.05) is 59.7 Å². The molecule has 1 aromatic heterocycles. The van der Waals surface area contributed by atoms with Crippen molar-refractivity contribution in [2.45, 2.75) is 11.4 Å². The third-order valence-electron chi connectivity index (χ3n) is 5.04. The highest BCUT2D eigenvalue weighted by Crippen LogP contribution is 2.22. The Kier molecular flexibility index (Phi) is 5.45. The van der Waals surface area contributed by atoms with Crippen molar-refractivity contribution in [3.8, 4) is 0 Å². The Hall–Kier alpha value is -2.64. The molecule has 7 heteroatoms. The van der Waals surface area contributed by atoms with Gasteiger partial charge in [0.25, 0.3) is 5.91 Å². The van der Waals surface area contributed by atoms with Gasteiger partial charge in [-0.3, -0.25) is 9.69 Å². The molecule has 1 aliphatic heterocycles. The van der Waals surface area contributed by atoms with Crippen LogP contribution in [-0.4, -0.2) is 58.1 Å². The van der Waals surface area contributed by atoms with Crippen molar-refractivity contribution >= 4 is 34.4 Å². The third kappa shape index (κ3) is 3.81. The summed E-state index contributed by atoms with van der Waals surface area (Å²) in [4.78, 5) is 27.2. The number of fused-ring (bicyclic) bond motifs is 1. The van der Waals surface area contributed by atoms with Crippen LogP contribution in [0.3, 0.4) is 0 Å². The number of nitrogens with two attached hydrogens (primary N) is 1. The van der Waals surface area contributed by atoms with Gasteiger partial charge in [-0.15, -0.1) is 11.8 Å². The largest absolute Gasteiger partial charge is 0.383 e. The van der Waals surface area contributed by atoms with E-state index in [2.05, 4.69) is 14.9 Å². The Bertz CT molecular complexity index is 1000. The van der Waals surface area contributed by atoms with Crippen LogP contribution in [0.1, 0.15) is 16.2 Å². The van der Waals surface area contributed by atoms with E-state index in [0.717, 1.165) is 40.3 Å². The maximum absolute atomic E-state index is 12.9. The van der Waals surface area contributed by atoms with E-state index < -0.39 is 0 Å². The Morgan fingerprint density at radius 2 is 1.75 bits per heavy atom. The number of hydrogen-bond acceptors (Lipinski definition) is 6. The highest BCUT2D eigenvalue weighted by Gasteiger charge is 2.24. The second-order valence-corrected chi connectivity index (χ2v) is 7.66. The van der Waals surface area contributed by atoms with Gasteiger partial charge in [0.1, 0.15) is 11.6 Å². The number of piperazine rings is 1. The number of carbonyl (C=O) groups is 1. The second kappa shape index (κ2) is 8.16. The maximum Gasteiger partial charge on any atom is 0.255 e. The molecule has 2 heterocycles. The standard InChI is InChI=1S/C21H23N5OS/c1-28-18-9-5-3-7-16(18)21(27)26-12-10-25(11-13-26)14-19-23-17-8-4-2-6-15(17)20(22)24-19/h2-9H,10-14H2,1H3,(H2,22,23,24). The molecule has 1 saturated heterocycles. The van der Waals surface area contributed by atoms with Gasteiger partial charge in [-0.05, 0) is 30.5 Å². The van der Waals surface area contributed by atoms with Crippen molar-refractivity contribution in [2.24, 2.45) is 0 Å². The molecule has 1 aliphatic rings. The molecule has 1 amide bonds. The van der Waals surface area contributed by atoms with E-state index in [4.69, 9.17) is 5.73 Å². The zero-order valence-electron chi connectivity index (χ0n) is 15.8. The summed E-state index contributed by atoms with van der Waals surface area (Å²) in [6.07, 6.45) is 2.00. The zero-order chi connectivity index (χ0) is 19.5. The van der Waals surface area contributed by atoms with Crippen LogP contribution in [0, 0.1) is 0 Å². The number of para-hydroxylation sites is 1. The van der Waals surface area contributed by atoms with Crippen LogP contribution in [-0.2, 0) is 6.54 Å². The van der Waals surface area contributed by atoms with Gasteiger partial charge in [-0.25, -0.2) is 9.97 Å². The summed E-state index contributed by atoms with van der Waals surface area (Å²) in [5.41, 5.74) is 7.75. The molecule has 0 bridgehead atoms. The zero-order valence-corrected chi connectivity index (χ0v) is 16.7. The topological polar surface area (TPSA) is 75.4 Å². The number of aromatic nitrogens is 2. The lowest BCUT2D eigenvalue weighted by atomic mass is 10.1. The Morgan fingerprint density at radius 1 is 1.04 bits per heavy atom. The molecule has 0 radical (unpaired) electrons. The van der Waals surface area contributed by atoms with Gasteiger partial charge in [-0.2, -0.15) is 0 Å². The Balaban J connectivity index is 1.41. The van der Waals surface area contributed by atoms with Gasteiger partial charge >= 0.3 is 0 Å². The van der Waals surface area contributed by atoms with Gasteiger partial charge in [0.05, 0.1) is 17.6 Å². The number of benzene rings is 2. The average molecular weight is 394 g/mol. The number of thioether (sulfide) groups is 1. The molecule has 0 spiro atoms. The van der Waals surface area contributed by atoms with Crippen LogP contribution in [0.2, 0.25) is 0 Å². The molecule has 0 saturated carbocycles. The van der Waals surface area contributed by atoms with E-state index in [1.54, 1.807) is 11.8 Å². The van der Waals surface area contributed by atoms with Crippen LogP contribution in [0.4, 0.5) is 5.82 Å². The van der Waals surface area contributed by atoms with Crippen LogP contribution in [0.5, 0.6) is 0 Å². The van der Waals surface area contributed by atoms with Crippen molar-refractivity contribution in [1.82, 2.24) is 19.8 Å². The van der Waals surface area contributed by atoms with E-state index in [1.165, 1.54) is 0 Å². The molecule has 2 aromatic carbocycles. The molecule has 28 heavy (non-hydrogen) atoms. The van der Waals surface area contributed by atoms with Crippen molar-refractivity contribution in [3.05, 3.63) is 59.9 Å². The molecule has 1 fully saturated rings. The minimum atomic E-state index is 0.107. The van der Waals surface area contributed by atoms with Crippen LogP contribution >= 0.6 is 11.8 Å². The minimum Gasteiger partial charge on any atom is -0.383 e. The summed E-state index contributed by atoms with van der Waals surface area (Å²) in [7, 11) is 0. The first-order valence-corrected chi connectivity index (χ1v) is 10.5. The monoisotopic (exact) mass is 393 g/mol. The van der Waals surface area contributed by atoms with E-state index in [-0.39, 0.29) is 5.91 Å². The van der Waals surface area contributed by atoms with E-state index in [9.17, 15) is 4.79 Å². The molecule has 2 N–H and O–H groups in total. The van der Waals surface area contributed by atoms with Gasteiger partial charge in [-0.1, -0.05) is 24.3 Å². The summed E-state index contributed by atoms with van der Waals surface area (Å²) in [5.74, 6) is 1.35. The predicted molar refractivity (Wildman–Crippen MR) is 113 cm³/mol. The SMILES string of the molecule is CSc1ccccc1C(=O)N1CCN(Cc2nc(N)c3ccccc3n2)CC1. The normalized spacial score (nSPS) is 15.1. The van der Waals surface area contributed by atoms with Crippen LogP contribution in [0.15, 0.2) is 53.4 Å². The van der Waals surface area contributed by atoms with Crippen LogP contribution < -0.4 is 5.73 Å². The molecule has 144 valence electrons. The fourth-order valence-corrected chi connectivity index (χ4v) is 4.11. The van der Waals surface area contributed by atoms with E-state index >= 15 is 0 Å². The lowest BCUT2D eigenvalue weighted by Gasteiger charge is -2.34. The van der Waals surface area contributed by atoms with Crippen molar-refractivity contribution in [2.75, 3.05) is 38.2 Å². The quantitative estimate of drug-likeness (QED) is 0.687. The summed E-state index contributed by atoms with van der Waals surface area (Å²) in [5, 5.41) is 0.883. The van der Waals surface area contributed by atoms with Gasteiger partial charge < -0.3 is 10.6 Å². The fourth-order valence-electron chi connectivity index (χ4n) is 3.52. The molecular formula is C21H23N5OS. The number of hydrogen-bond donors (Lipinski definition) is 1. The third-order valence-corrected chi connectivity index (χ3v) is 5.84. The van der Waals surface area contributed by atoms with Crippen LogP contribution in [0.25, 0.3) is 10.9 Å². The smallest absolute Gasteiger partial charge is 0.255 e. The summed E-state index contributed by atoms with van der Waals surface area (Å²) in [6, 6.07) is 15.6. The highest BCUT2D eigenvalue weighted by atomic mass is 32.2. The number of nitrogen functional groups attached to an aromatic ring is 1. The first-order chi connectivity index (χ1) is 13.7. The minimum absolute atomic E-state index is 0.107. The highest BCUT2D eigenvalue weighted by molar-refractivity contribution is 7.98. The van der Waals surface area contributed by atoms with E-state index in [0.29, 0.717) is 25.5 Å². The average Bonchev–Trinajstić information content (AvgIpc) is 2.74. The molecule has 4 rings (SSSR count). The van der Waals surface area contributed by atoms with Gasteiger partial charge in [0.15, 0.2) is 0 Å². The number of rotatable bonds is 4. The Labute approximate surface area is 168 Å².